The van der Waals surface area contributed by atoms with Crippen molar-refractivity contribution in [3.05, 3.63) is 23.8 Å². The summed E-state index contributed by atoms with van der Waals surface area (Å²) in [6.45, 7) is 1.66. The molecule has 1 unspecified atom stereocenters. The molecule has 2 N–H and O–H groups in total. The van der Waals surface area contributed by atoms with Gasteiger partial charge in [-0.15, -0.1) is 0 Å². The topological polar surface area (TPSA) is 74.5 Å². The Morgan fingerprint density at radius 2 is 2.11 bits per heavy atom. The fraction of sp³-hybridized carbons (Fsp3) is 0.462. The third kappa shape index (κ3) is 2.92. The lowest BCUT2D eigenvalue weighted by molar-refractivity contribution is 0.289. The van der Waals surface area contributed by atoms with Crippen LogP contribution in [0.2, 0.25) is 0 Å². The number of benzene rings is 1. The molecule has 0 radical (unpaired) electrons. The molecule has 1 aromatic carbocycles. The summed E-state index contributed by atoms with van der Waals surface area (Å²) in [6.07, 6.45) is 0.856. The van der Waals surface area contributed by atoms with Gasteiger partial charge in [0, 0.05) is 13.0 Å². The lowest BCUT2D eigenvalue weighted by Gasteiger charge is -2.13. The van der Waals surface area contributed by atoms with Crippen molar-refractivity contribution in [3.8, 4) is 17.6 Å². The Labute approximate surface area is 106 Å². The average Bonchev–Trinajstić information content (AvgIpc) is 2.64. The van der Waals surface area contributed by atoms with Crippen molar-refractivity contribution in [1.82, 2.24) is 5.32 Å². The van der Waals surface area contributed by atoms with Gasteiger partial charge in [-0.3, -0.25) is 5.32 Å². The zero-order valence-electron chi connectivity index (χ0n) is 10.1. The molecule has 1 aliphatic heterocycles. The van der Waals surface area contributed by atoms with E-state index in [1.807, 2.05) is 18.2 Å². The highest BCUT2D eigenvalue weighted by Crippen LogP contribution is 2.32. The highest BCUT2D eigenvalue weighted by Gasteiger charge is 2.15. The number of hydrogen-bond donors (Lipinski definition) is 2. The summed E-state index contributed by atoms with van der Waals surface area (Å²) in [4.78, 5) is 0. The van der Waals surface area contributed by atoms with Crippen molar-refractivity contribution in [3.63, 3.8) is 0 Å². The summed E-state index contributed by atoms with van der Waals surface area (Å²) < 4.78 is 11.1. The number of ether oxygens (including phenoxy) is 2. The van der Waals surface area contributed by atoms with Crippen LogP contribution in [0.1, 0.15) is 18.0 Å². The van der Waals surface area contributed by atoms with Crippen molar-refractivity contribution in [2.24, 2.45) is 0 Å². The van der Waals surface area contributed by atoms with Crippen LogP contribution >= 0.6 is 0 Å². The van der Waals surface area contributed by atoms with E-state index < -0.39 is 6.04 Å². The molecule has 5 nitrogen and oxygen atoms in total. The molecule has 1 aromatic rings. The van der Waals surface area contributed by atoms with Gasteiger partial charge in [0.15, 0.2) is 11.5 Å². The number of hydrogen-bond acceptors (Lipinski definition) is 5. The standard InChI is InChI=1S/C13H16N2O3/c14-9-11(15-4-5-16)10-2-3-12-13(8-10)18-7-1-6-17-12/h2-3,8,11,15-16H,1,4-7H2. The van der Waals surface area contributed by atoms with Crippen LogP contribution in [0.3, 0.4) is 0 Å². The smallest absolute Gasteiger partial charge is 0.161 e. The molecule has 0 spiro atoms. The number of fused-ring (bicyclic) bond motifs is 1. The van der Waals surface area contributed by atoms with Gasteiger partial charge in [0.1, 0.15) is 6.04 Å². The molecule has 96 valence electrons. The molecular weight excluding hydrogens is 232 g/mol. The number of aliphatic hydroxyl groups excluding tert-OH is 1. The maximum atomic E-state index is 9.10. The van der Waals surface area contributed by atoms with Gasteiger partial charge in [-0.1, -0.05) is 6.07 Å². The highest BCUT2D eigenvalue weighted by atomic mass is 16.5. The predicted octanol–water partition coefficient (Wildman–Crippen LogP) is 0.994. The van der Waals surface area contributed by atoms with Crippen LogP contribution in [-0.4, -0.2) is 31.5 Å². The molecule has 2 rings (SSSR count). The molecule has 18 heavy (non-hydrogen) atoms. The molecule has 0 saturated heterocycles. The third-order valence-electron chi connectivity index (χ3n) is 2.69. The van der Waals surface area contributed by atoms with E-state index in [1.165, 1.54) is 0 Å². The first kappa shape index (κ1) is 12.7. The molecule has 5 heteroatoms. The second-order valence-electron chi connectivity index (χ2n) is 4.00. The highest BCUT2D eigenvalue weighted by molar-refractivity contribution is 5.45. The van der Waals surface area contributed by atoms with Gasteiger partial charge in [-0.2, -0.15) is 5.26 Å². The number of rotatable bonds is 4. The molecule has 0 aliphatic carbocycles. The van der Waals surface area contributed by atoms with Gasteiger partial charge < -0.3 is 14.6 Å². The van der Waals surface area contributed by atoms with E-state index in [0.29, 0.717) is 25.5 Å². The van der Waals surface area contributed by atoms with E-state index in [4.69, 9.17) is 19.8 Å². The van der Waals surface area contributed by atoms with Gasteiger partial charge >= 0.3 is 0 Å². The fourth-order valence-corrected chi connectivity index (χ4v) is 1.81. The summed E-state index contributed by atoms with van der Waals surface area (Å²) in [5.74, 6) is 1.39. The lowest BCUT2D eigenvalue weighted by Crippen LogP contribution is -2.23. The fourth-order valence-electron chi connectivity index (χ4n) is 1.81. The van der Waals surface area contributed by atoms with Crippen molar-refractivity contribution < 1.29 is 14.6 Å². The number of nitriles is 1. The number of aliphatic hydroxyl groups is 1. The quantitative estimate of drug-likeness (QED) is 0.831. The first-order valence-corrected chi connectivity index (χ1v) is 5.98. The van der Waals surface area contributed by atoms with E-state index >= 15 is 0 Å². The van der Waals surface area contributed by atoms with E-state index in [0.717, 1.165) is 17.7 Å². The lowest BCUT2D eigenvalue weighted by atomic mass is 10.1. The zero-order valence-corrected chi connectivity index (χ0v) is 10.1. The molecule has 1 heterocycles. The Morgan fingerprint density at radius 3 is 2.83 bits per heavy atom. The molecule has 1 aliphatic rings. The van der Waals surface area contributed by atoms with E-state index in [-0.39, 0.29) is 6.61 Å². The van der Waals surface area contributed by atoms with Crippen LogP contribution < -0.4 is 14.8 Å². The summed E-state index contributed by atoms with van der Waals surface area (Å²) in [6, 6.07) is 7.19. The minimum atomic E-state index is -0.450. The van der Waals surface area contributed by atoms with Gasteiger partial charge in [0.2, 0.25) is 0 Å². The predicted molar refractivity (Wildman–Crippen MR) is 65.5 cm³/mol. The summed E-state index contributed by atoms with van der Waals surface area (Å²) in [5.41, 5.74) is 0.815. The SMILES string of the molecule is N#CC(NCCO)c1ccc2c(c1)OCCCO2. The van der Waals surface area contributed by atoms with E-state index in [1.54, 1.807) is 0 Å². The molecule has 0 fully saturated rings. The van der Waals surface area contributed by atoms with Crippen LogP contribution in [0.25, 0.3) is 0 Å². The first-order chi connectivity index (χ1) is 8.85. The van der Waals surface area contributed by atoms with Gasteiger partial charge in [0.25, 0.3) is 0 Å². The molecule has 0 aromatic heterocycles. The largest absolute Gasteiger partial charge is 0.490 e. The Hall–Kier alpha value is -1.77. The molecule has 0 saturated carbocycles. The number of nitrogens with zero attached hydrogens (tertiary/aromatic N) is 1. The van der Waals surface area contributed by atoms with Crippen molar-refractivity contribution in [1.29, 1.82) is 5.26 Å². The first-order valence-electron chi connectivity index (χ1n) is 5.98. The maximum Gasteiger partial charge on any atom is 0.161 e. The van der Waals surface area contributed by atoms with Crippen molar-refractivity contribution in [2.45, 2.75) is 12.5 Å². The monoisotopic (exact) mass is 248 g/mol. The Morgan fingerprint density at radius 1 is 1.33 bits per heavy atom. The van der Waals surface area contributed by atoms with Crippen LogP contribution in [0, 0.1) is 11.3 Å². The van der Waals surface area contributed by atoms with Crippen LogP contribution in [-0.2, 0) is 0 Å². The zero-order chi connectivity index (χ0) is 12.8. The molecular formula is C13H16N2O3. The minimum Gasteiger partial charge on any atom is -0.490 e. The molecule has 1 atom stereocenters. The normalized spacial score (nSPS) is 15.6. The van der Waals surface area contributed by atoms with Gasteiger partial charge in [-0.25, -0.2) is 0 Å². The molecule has 0 amide bonds. The second-order valence-corrected chi connectivity index (χ2v) is 4.00. The van der Waals surface area contributed by atoms with Crippen molar-refractivity contribution in [2.75, 3.05) is 26.4 Å². The maximum absolute atomic E-state index is 9.10. The van der Waals surface area contributed by atoms with Gasteiger partial charge in [0.05, 0.1) is 25.9 Å². The summed E-state index contributed by atoms with van der Waals surface area (Å²) in [7, 11) is 0. The third-order valence-corrected chi connectivity index (χ3v) is 2.69. The van der Waals surface area contributed by atoms with Crippen molar-refractivity contribution >= 4 is 0 Å². The number of nitrogens with one attached hydrogen (secondary N) is 1. The van der Waals surface area contributed by atoms with E-state index in [9.17, 15) is 0 Å². The Balaban J connectivity index is 2.18. The summed E-state index contributed by atoms with van der Waals surface area (Å²) >= 11 is 0. The molecule has 0 bridgehead atoms. The minimum absolute atomic E-state index is 0.00271. The second kappa shape index (κ2) is 6.24. The average molecular weight is 248 g/mol. The van der Waals surface area contributed by atoms with Crippen LogP contribution in [0.5, 0.6) is 11.5 Å². The Kier molecular flexibility index (Phi) is 4.40. The van der Waals surface area contributed by atoms with E-state index in [2.05, 4.69) is 11.4 Å². The summed E-state index contributed by atoms with van der Waals surface area (Å²) in [5, 5.41) is 20.8. The Bertz CT molecular complexity index is 442. The van der Waals surface area contributed by atoms with Crippen LogP contribution in [0.4, 0.5) is 0 Å². The van der Waals surface area contributed by atoms with Crippen LogP contribution in [0.15, 0.2) is 18.2 Å². The van der Waals surface area contributed by atoms with Gasteiger partial charge in [-0.05, 0) is 17.7 Å².